The monoisotopic (exact) mass is 776 g/mol. The molecule has 296 valence electrons. The SMILES string of the molecule is O=C1CCC(N2C(=O)c3cccc(NC(=O)CCOCCOCCOCCOCCNc4ncc(-c5cccnc5)cc4/C=C/c4ccccc4)c3C2=O)C(=O)N1. The Morgan fingerprint density at radius 3 is 2.25 bits per heavy atom. The Balaban J connectivity index is 0.806. The summed E-state index contributed by atoms with van der Waals surface area (Å²) in [5.41, 5.74) is 4.27. The molecule has 1 atom stereocenters. The molecule has 2 aliphatic rings. The fraction of sp³-hybridized carbons (Fsp3) is 0.310. The number of carbonyl (C=O) groups is 5. The fourth-order valence-corrected chi connectivity index (χ4v) is 6.20. The number of benzene rings is 2. The Morgan fingerprint density at radius 1 is 0.789 bits per heavy atom. The summed E-state index contributed by atoms with van der Waals surface area (Å²) in [5.74, 6) is -2.16. The molecule has 1 fully saturated rings. The maximum absolute atomic E-state index is 13.2. The molecular formula is C42H44N6O9. The highest BCUT2D eigenvalue weighted by atomic mass is 16.6. The molecule has 1 saturated heterocycles. The van der Waals surface area contributed by atoms with E-state index < -0.39 is 35.6 Å². The molecule has 2 aliphatic heterocycles. The number of amides is 5. The van der Waals surface area contributed by atoms with Crippen LogP contribution >= 0.6 is 0 Å². The predicted octanol–water partition coefficient (Wildman–Crippen LogP) is 4.22. The standard InChI is InChI=1S/C42H44N6O9/c49-36-14-13-35(40(51)47-36)48-41(52)33-9-4-10-34(38(33)42(48)53)46-37(50)15-18-54-20-22-56-24-25-57-23-21-55-19-17-44-39-30(12-11-29-6-2-1-3-7-29)26-32(28-45-39)31-8-5-16-43-27-31/h1-12,16,26-28,35H,13-15,17-25H2,(H,44,45)(H,46,50)(H,47,49,51)/b12-11+. The summed E-state index contributed by atoms with van der Waals surface area (Å²) in [5, 5.41) is 8.20. The van der Waals surface area contributed by atoms with Gasteiger partial charge in [0, 0.05) is 48.2 Å². The van der Waals surface area contributed by atoms with Gasteiger partial charge in [0.05, 0.1) is 76.1 Å². The predicted molar refractivity (Wildman–Crippen MR) is 211 cm³/mol. The lowest BCUT2D eigenvalue weighted by Gasteiger charge is -2.27. The van der Waals surface area contributed by atoms with Crippen LogP contribution in [0.4, 0.5) is 11.5 Å². The number of hydrogen-bond acceptors (Lipinski definition) is 12. The molecule has 6 rings (SSSR count). The maximum Gasteiger partial charge on any atom is 0.264 e. The largest absolute Gasteiger partial charge is 0.379 e. The fourth-order valence-electron chi connectivity index (χ4n) is 6.20. The van der Waals surface area contributed by atoms with Crippen LogP contribution in [0, 0.1) is 0 Å². The second kappa shape index (κ2) is 20.7. The highest BCUT2D eigenvalue weighted by Crippen LogP contribution is 2.32. The van der Waals surface area contributed by atoms with E-state index in [1.165, 1.54) is 12.1 Å². The number of imide groups is 2. The van der Waals surface area contributed by atoms with Crippen LogP contribution in [0.2, 0.25) is 0 Å². The Bertz CT molecular complexity index is 2060. The van der Waals surface area contributed by atoms with Gasteiger partial charge in [-0.05, 0) is 36.2 Å². The highest BCUT2D eigenvalue weighted by Gasteiger charge is 2.45. The summed E-state index contributed by atoms with van der Waals surface area (Å²) in [6.45, 7) is 3.32. The first-order chi connectivity index (χ1) is 27.9. The number of aromatic nitrogens is 2. The Kier molecular flexibility index (Phi) is 14.7. The number of carbonyl (C=O) groups excluding carboxylic acids is 5. The molecular weight excluding hydrogens is 732 g/mol. The lowest BCUT2D eigenvalue weighted by atomic mass is 10.0. The van der Waals surface area contributed by atoms with Gasteiger partial charge >= 0.3 is 0 Å². The van der Waals surface area contributed by atoms with Gasteiger partial charge in [-0.1, -0.05) is 54.6 Å². The third kappa shape index (κ3) is 11.2. The van der Waals surface area contributed by atoms with Crippen molar-refractivity contribution in [1.29, 1.82) is 0 Å². The van der Waals surface area contributed by atoms with Crippen LogP contribution in [0.15, 0.2) is 85.3 Å². The van der Waals surface area contributed by atoms with E-state index in [1.807, 2.05) is 60.9 Å². The first-order valence-corrected chi connectivity index (χ1v) is 18.7. The van der Waals surface area contributed by atoms with Gasteiger partial charge in [0.25, 0.3) is 11.8 Å². The minimum Gasteiger partial charge on any atom is -0.379 e. The van der Waals surface area contributed by atoms with Gasteiger partial charge in [0.15, 0.2) is 0 Å². The van der Waals surface area contributed by atoms with Crippen molar-refractivity contribution < 1.29 is 42.9 Å². The molecule has 2 aromatic carbocycles. The number of hydrogen-bond donors (Lipinski definition) is 3. The van der Waals surface area contributed by atoms with Crippen molar-refractivity contribution in [3.8, 4) is 11.1 Å². The molecule has 4 heterocycles. The van der Waals surface area contributed by atoms with Gasteiger partial charge in [0.2, 0.25) is 17.7 Å². The van der Waals surface area contributed by atoms with Crippen molar-refractivity contribution in [2.75, 3.05) is 70.0 Å². The van der Waals surface area contributed by atoms with Gasteiger partial charge < -0.3 is 29.6 Å². The van der Waals surface area contributed by atoms with Crippen molar-refractivity contribution in [1.82, 2.24) is 20.2 Å². The van der Waals surface area contributed by atoms with E-state index in [2.05, 4.69) is 38.1 Å². The molecule has 2 aromatic heterocycles. The third-order valence-corrected chi connectivity index (χ3v) is 9.04. The lowest BCUT2D eigenvalue weighted by Crippen LogP contribution is -2.54. The van der Waals surface area contributed by atoms with E-state index in [0.717, 1.165) is 33.0 Å². The van der Waals surface area contributed by atoms with Crippen molar-refractivity contribution in [2.24, 2.45) is 0 Å². The van der Waals surface area contributed by atoms with E-state index in [9.17, 15) is 24.0 Å². The number of fused-ring (bicyclic) bond motifs is 1. The molecule has 15 heteroatoms. The second-order valence-electron chi connectivity index (χ2n) is 13.0. The summed E-state index contributed by atoms with van der Waals surface area (Å²) < 4.78 is 22.3. The summed E-state index contributed by atoms with van der Waals surface area (Å²) in [4.78, 5) is 72.5. The van der Waals surface area contributed by atoms with Gasteiger partial charge in [-0.25, -0.2) is 4.98 Å². The van der Waals surface area contributed by atoms with Gasteiger partial charge in [-0.15, -0.1) is 0 Å². The number of nitrogens with zero attached hydrogens (tertiary/aromatic N) is 3. The molecule has 0 saturated carbocycles. The zero-order valence-corrected chi connectivity index (χ0v) is 31.3. The Labute approximate surface area is 329 Å². The van der Waals surface area contributed by atoms with Crippen molar-refractivity contribution in [3.63, 3.8) is 0 Å². The van der Waals surface area contributed by atoms with Gasteiger partial charge in [-0.3, -0.25) is 39.2 Å². The van der Waals surface area contributed by atoms with Crippen LogP contribution in [0.3, 0.4) is 0 Å². The zero-order valence-electron chi connectivity index (χ0n) is 31.3. The summed E-state index contributed by atoms with van der Waals surface area (Å²) in [6.07, 6.45) is 9.55. The van der Waals surface area contributed by atoms with Crippen molar-refractivity contribution in [3.05, 3.63) is 108 Å². The molecule has 0 spiro atoms. The van der Waals surface area contributed by atoms with Crippen molar-refractivity contribution in [2.45, 2.75) is 25.3 Å². The first-order valence-electron chi connectivity index (χ1n) is 18.7. The van der Waals surface area contributed by atoms with E-state index in [1.54, 1.807) is 12.3 Å². The molecule has 1 unspecified atom stereocenters. The van der Waals surface area contributed by atoms with Crippen LogP contribution in [0.25, 0.3) is 23.3 Å². The van der Waals surface area contributed by atoms with E-state index in [0.29, 0.717) is 46.2 Å². The normalized spacial score (nSPS) is 15.2. The average Bonchev–Trinajstić information content (AvgIpc) is 3.48. The maximum atomic E-state index is 13.2. The number of ether oxygens (including phenoxy) is 4. The minimum absolute atomic E-state index is 0.00271. The zero-order chi connectivity index (χ0) is 39.8. The second-order valence-corrected chi connectivity index (χ2v) is 13.0. The third-order valence-electron chi connectivity index (χ3n) is 9.04. The Hall–Kier alpha value is -6.13. The number of piperidine rings is 1. The lowest BCUT2D eigenvalue weighted by molar-refractivity contribution is -0.136. The smallest absolute Gasteiger partial charge is 0.264 e. The van der Waals surface area contributed by atoms with Gasteiger partial charge in [-0.2, -0.15) is 0 Å². The van der Waals surface area contributed by atoms with E-state index in [-0.39, 0.29) is 49.3 Å². The summed E-state index contributed by atoms with van der Waals surface area (Å²) in [6, 6.07) is 19.5. The molecule has 57 heavy (non-hydrogen) atoms. The first kappa shape index (κ1) is 40.5. The number of nitrogens with one attached hydrogen (secondary N) is 3. The number of pyridine rings is 2. The molecule has 4 aromatic rings. The summed E-state index contributed by atoms with van der Waals surface area (Å²) in [7, 11) is 0. The van der Waals surface area contributed by atoms with Gasteiger partial charge in [0.1, 0.15) is 11.9 Å². The quantitative estimate of drug-likeness (QED) is 0.0809. The highest BCUT2D eigenvalue weighted by molar-refractivity contribution is 6.26. The molecule has 0 aliphatic carbocycles. The Morgan fingerprint density at radius 2 is 1.53 bits per heavy atom. The molecule has 3 N–H and O–H groups in total. The minimum atomic E-state index is -1.09. The molecule has 0 bridgehead atoms. The topological polar surface area (TPSA) is 187 Å². The average molecular weight is 777 g/mol. The molecule has 15 nitrogen and oxygen atoms in total. The van der Waals surface area contributed by atoms with E-state index >= 15 is 0 Å². The van der Waals surface area contributed by atoms with Crippen LogP contribution in [0.5, 0.6) is 0 Å². The number of anilines is 2. The van der Waals surface area contributed by atoms with Crippen LogP contribution in [0.1, 0.15) is 51.1 Å². The van der Waals surface area contributed by atoms with Crippen LogP contribution < -0.4 is 16.0 Å². The summed E-state index contributed by atoms with van der Waals surface area (Å²) >= 11 is 0. The van der Waals surface area contributed by atoms with Crippen LogP contribution in [-0.2, 0) is 33.3 Å². The van der Waals surface area contributed by atoms with Crippen LogP contribution in [-0.4, -0.2) is 110 Å². The number of rotatable bonds is 21. The van der Waals surface area contributed by atoms with Crippen molar-refractivity contribution >= 4 is 53.2 Å². The molecule has 0 radical (unpaired) electrons. The van der Waals surface area contributed by atoms with E-state index in [4.69, 9.17) is 18.9 Å². The molecule has 5 amide bonds.